The van der Waals surface area contributed by atoms with E-state index >= 15 is 0 Å². The third kappa shape index (κ3) is 4.65. The molecular weight excluding hydrogens is 307 g/mol. The number of hydrogen-bond acceptors (Lipinski definition) is 2. The van der Waals surface area contributed by atoms with Crippen molar-refractivity contribution in [3.05, 3.63) is 65.5 Å². The molecule has 4 nitrogen and oxygen atoms in total. The van der Waals surface area contributed by atoms with Gasteiger partial charge in [0, 0.05) is 11.3 Å². The van der Waals surface area contributed by atoms with Crippen molar-refractivity contribution < 1.29 is 14.0 Å². The number of carbonyl (C=O) groups is 2. The molecule has 0 aliphatic heterocycles. The molecule has 1 atom stereocenters. The van der Waals surface area contributed by atoms with Gasteiger partial charge in [0.1, 0.15) is 11.9 Å². The fraction of sp³-hybridized carbons (Fsp3) is 0.263. The molecule has 2 aromatic rings. The monoisotopic (exact) mass is 328 g/mol. The first-order chi connectivity index (χ1) is 11.4. The Hall–Kier alpha value is -2.69. The molecule has 0 heterocycles. The van der Waals surface area contributed by atoms with Gasteiger partial charge in [-0.15, -0.1) is 0 Å². The minimum Gasteiger partial charge on any atom is -0.340 e. The molecule has 0 spiro atoms. The normalized spacial score (nSPS) is 11.9. The van der Waals surface area contributed by atoms with Gasteiger partial charge < -0.3 is 10.6 Å². The Morgan fingerprint density at radius 3 is 2.29 bits per heavy atom. The van der Waals surface area contributed by atoms with E-state index in [1.165, 1.54) is 18.2 Å². The molecule has 0 fully saturated rings. The predicted molar refractivity (Wildman–Crippen MR) is 92.3 cm³/mol. The molecule has 0 aliphatic carbocycles. The highest BCUT2D eigenvalue weighted by atomic mass is 19.1. The Balaban J connectivity index is 2.09. The minimum atomic E-state index is -0.720. The maximum absolute atomic E-state index is 13.2. The van der Waals surface area contributed by atoms with Crippen LogP contribution in [0, 0.1) is 18.7 Å². The van der Waals surface area contributed by atoms with E-state index in [2.05, 4.69) is 10.6 Å². The van der Waals surface area contributed by atoms with E-state index in [1.807, 2.05) is 32.9 Å². The van der Waals surface area contributed by atoms with E-state index in [4.69, 9.17) is 0 Å². The lowest BCUT2D eigenvalue weighted by molar-refractivity contribution is -0.118. The first kappa shape index (κ1) is 17.7. The van der Waals surface area contributed by atoms with Gasteiger partial charge in [-0.1, -0.05) is 37.6 Å². The van der Waals surface area contributed by atoms with Crippen LogP contribution in [-0.2, 0) is 4.79 Å². The number of aryl methyl sites for hydroxylation is 1. The fourth-order valence-corrected chi connectivity index (χ4v) is 2.25. The van der Waals surface area contributed by atoms with Gasteiger partial charge >= 0.3 is 0 Å². The van der Waals surface area contributed by atoms with Gasteiger partial charge in [0.15, 0.2) is 0 Å². The number of anilines is 1. The number of hydrogen-bond donors (Lipinski definition) is 2. The summed E-state index contributed by atoms with van der Waals surface area (Å²) in [5.74, 6) is -1.25. The van der Waals surface area contributed by atoms with Gasteiger partial charge in [-0.25, -0.2) is 4.39 Å². The van der Waals surface area contributed by atoms with Crippen molar-refractivity contribution in [2.45, 2.75) is 26.8 Å². The van der Waals surface area contributed by atoms with Crippen LogP contribution in [0.5, 0.6) is 0 Å². The summed E-state index contributed by atoms with van der Waals surface area (Å²) >= 11 is 0. The lowest BCUT2D eigenvalue weighted by Gasteiger charge is -2.22. The Bertz CT molecular complexity index is 726. The van der Waals surface area contributed by atoms with Gasteiger partial charge in [0.2, 0.25) is 5.91 Å². The zero-order valence-electron chi connectivity index (χ0n) is 14.0. The molecule has 126 valence electrons. The van der Waals surface area contributed by atoms with Crippen LogP contribution in [0.3, 0.4) is 0 Å². The zero-order chi connectivity index (χ0) is 17.7. The van der Waals surface area contributed by atoms with Crippen LogP contribution in [0.1, 0.15) is 29.8 Å². The SMILES string of the molecule is Cc1ccc(C(=O)NC(C(=O)Nc2cccc(F)c2)C(C)C)cc1. The number of nitrogens with one attached hydrogen (secondary N) is 2. The average Bonchev–Trinajstić information content (AvgIpc) is 2.52. The van der Waals surface area contributed by atoms with Gasteiger partial charge in [0.25, 0.3) is 5.91 Å². The van der Waals surface area contributed by atoms with E-state index < -0.39 is 11.9 Å². The second-order valence-corrected chi connectivity index (χ2v) is 6.06. The summed E-state index contributed by atoms with van der Waals surface area (Å²) in [4.78, 5) is 24.8. The van der Waals surface area contributed by atoms with Gasteiger partial charge in [-0.2, -0.15) is 0 Å². The van der Waals surface area contributed by atoms with E-state index in [0.717, 1.165) is 5.56 Å². The molecule has 2 N–H and O–H groups in total. The second kappa shape index (κ2) is 7.73. The molecule has 2 rings (SSSR count). The maximum Gasteiger partial charge on any atom is 0.251 e. The molecule has 0 aliphatic rings. The highest BCUT2D eigenvalue weighted by Crippen LogP contribution is 2.12. The molecule has 0 radical (unpaired) electrons. The van der Waals surface area contributed by atoms with Crippen LogP contribution in [0.15, 0.2) is 48.5 Å². The van der Waals surface area contributed by atoms with Gasteiger partial charge in [0.05, 0.1) is 0 Å². The van der Waals surface area contributed by atoms with Crippen molar-refractivity contribution in [3.63, 3.8) is 0 Å². The number of carbonyl (C=O) groups excluding carboxylic acids is 2. The van der Waals surface area contributed by atoms with Crippen molar-refractivity contribution >= 4 is 17.5 Å². The highest BCUT2D eigenvalue weighted by Gasteiger charge is 2.24. The standard InChI is InChI=1S/C19H21FN2O2/c1-12(2)17(19(24)21-16-6-4-5-15(20)11-16)22-18(23)14-9-7-13(3)8-10-14/h4-12,17H,1-3H3,(H,21,24)(H,22,23). The molecule has 5 heteroatoms. The summed E-state index contributed by atoms with van der Waals surface area (Å²) in [6.07, 6.45) is 0. The first-order valence-electron chi connectivity index (χ1n) is 7.81. The van der Waals surface area contributed by atoms with E-state index in [-0.39, 0.29) is 17.7 Å². The minimum absolute atomic E-state index is 0.118. The lowest BCUT2D eigenvalue weighted by Crippen LogP contribution is -2.47. The zero-order valence-corrected chi connectivity index (χ0v) is 14.0. The summed E-state index contributed by atoms with van der Waals surface area (Å²) in [6.45, 7) is 5.61. The molecule has 24 heavy (non-hydrogen) atoms. The quantitative estimate of drug-likeness (QED) is 0.882. The second-order valence-electron chi connectivity index (χ2n) is 6.06. The number of amides is 2. The Morgan fingerprint density at radius 1 is 1.04 bits per heavy atom. The largest absolute Gasteiger partial charge is 0.340 e. The Labute approximate surface area is 141 Å². The predicted octanol–water partition coefficient (Wildman–Crippen LogP) is 3.53. The van der Waals surface area contributed by atoms with Crippen LogP contribution >= 0.6 is 0 Å². The van der Waals surface area contributed by atoms with Crippen molar-refractivity contribution in [1.82, 2.24) is 5.32 Å². The number of benzene rings is 2. The average molecular weight is 328 g/mol. The van der Waals surface area contributed by atoms with Crippen LogP contribution in [0.4, 0.5) is 10.1 Å². The summed E-state index contributed by atoms with van der Waals surface area (Å²) in [5, 5.41) is 5.38. The van der Waals surface area contributed by atoms with Crippen molar-refractivity contribution in [2.75, 3.05) is 5.32 Å². The molecule has 2 aromatic carbocycles. The number of halogens is 1. The molecule has 0 bridgehead atoms. The van der Waals surface area contributed by atoms with Crippen LogP contribution < -0.4 is 10.6 Å². The molecule has 2 amide bonds. The van der Waals surface area contributed by atoms with Crippen molar-refractivity contribution in [1.29, 1.82) is 0 Å². The fourth-order valence-electron chi connectivity index (χ4n) is 2.25. The lowest BCUT2D eigenvalue weighted by atomic mass is 10.0. The summed E-state index contributed by atoms with van der Waals surface area (Å²) < 4.78 is 13.2. The van der Waals surface area contributed by atoms with E-state index in [1.54, 1.807) is 18.2 Å². The van der Waals surface area contributed by atoms with Gasteiger partial charge in [-0.05, 0) is 43.2 Å². The molecule has 0 saturated heterocycles. The van der Waals surface area contributed by atoms with Crippen molar-refractivity contribution in [3.8, 4) is 0 Å². The van der Waals surface area contributed by atoms with Gasteiger partial charge in [-0.3, -0.25) is 9.59 Å². The van der Waals surface area contributed by atoms with E-state index in [0.29, 0.717) is 11.3 Å². The smallest absolute Gasteiger partial charge is 0.251 e. The summed E-state index contributed by atoms with van der Waals surface area (Å²) in [6, 6.07) is 12.0. The molecule has 0 aromatic heterocycles. The van der Waals surface area contributed by atoms with E-state index in [9.17, 15) is 14.0 Å². The molecular formula is C19H21FN2O2. The van der Waals surface area contributed by atoms with Crippen LogP contribution in [-0.4, -0.2) is 17.9 Å². The van der Waals surface area contributed by atoms with Crippen LogP contribution in [0.2, 0.25) is 0 Å². The van der Waals surface area contributed by atoms with Crippen LogP contribution in [0.25, 0.3) is 0 Å². The Kier molecular flexibility index (Phi) is 5.68. The third-order valence-corrected chi connectivity index (χ3v) is 3.64. The summed E-state index contributed by atoms with van der Waals surface area (Å²) in [5.41, 5.74) is 1.90. The Morgan fingerprint density at radius 2 is 1.71 bits per heavy atom. The van der Waals surface area contributed by atoms with Crippen molar-refractivity contribution in [2.24, 2.45) is 5.92 Å². The molecule has 1 unspecified atom stereocenters. The molecule has 0 saturated carbocycles. The highest BCUT2D eigenvalue weighted by molar-refractivity contribution is 6.01. The summed E-state index contributed by atoms with van der Waals surface area (Å²) in [7, 11) is 0. The first-order valence-corrected chi connectivity index (χ1v) is 7.81. The third-order valence-electron chi connectivity index (χ3n) is 3.64. The number of rotatable bonds is 5. The topological polar surface area (TPSA) is 58.2 Å². The maximum atomic E-state index is 13.2.